The van der Waals surface area contributed by atoms with E-state index in [4.69, 9.17) is 11.6 Å². The fourth-order valence-electron chi connectivity index (χ4n) is 1.06. The second-order valence-corrected chi connectivity index (χ2v) is 3.68. The molecule has 0 radical (unpaired) electrons. The van der Waals surface area contributed by atoms with E-state index in [0.29, 0.717) is 5.82 Å². The molecule has 0 aliphatic rings. The molecule has 2 aromatic rings. The van der Waals surface area contributed by atoms with E-state index in [2.05, 4.69) is 14.7 Å². The molecule has 0 atom stereocenters. The predicted octanol–water partition coefficient (Wildman–Crippen LogP) is 1.87. The van der Waals surface area contributed by atoms with Gasteiger partial charge in [-0.2, -0.15) is 4.37 Å². The maximum Gasteiger partial charge on any atom is 0.240 e. The molecule has 1 N–H and O–H groups in total. The molecule has 6 heteroatoms. The van der Waals surface area contributed by atoms with Crippen LogP contribution < -0.4 is 5.32 Å². The predicted molar refractivity (Wildman–Crippen MR) is 56.8 cm³/mol. The molecule has 0 saturated heterocycles. The first-order chi connectivity index (χ1) is 6.81. The summed E-state index contributed by atoms with van der Waals surface area (Å²) in [5.74, 6) is 0.176. The molecule has 2 rings (SSSR count). The van der Waals surface area contributed by atoms with Gasteiger partial charge in [0.15, 0.2) is 0 Å². The minimum absolute atomic E-state index is 0.0738. The van der Waals surface area contributed by atoms with Gasteiger partial charge in [-0.15, -0.1) is 11.6 Å². The van der Waals surface area contributed by atoms with Gasteiger partial charge in [-0.1, -0.05) is 0 Å². The maximum atomic E-state index is 11.0. The summed E-state index contributed by atoms with van der Waals surface area (Å²) >= 11 is 6.74. The Bertz CT molecular complexity index is 470. The molecule has 1 amide bonds. The second-order valence-electron chi connectivity index (χ2n) is 2.58. The molecular formula is C8H6ClN3OS. The van der Waals surface area contributed by atoms with E-state index in [1.165, 1.54) is 11.5 Å². The van der Waals surface area contributed by atoms with Gasteiger partial charge in [0.1, 0.15) is 11.7 Å². The quantitative estimate of drug-likeness (QED) is 0.797. The lowest BCUT2D eigenvalue weighted by molar-refractivity contribution is -0.113. The number of fused-ring (bicyclic) bond motifs is 1. The van der Waals surface area contributed by atoms with Gasteiger partial charge in [-0.05, 0) is 17.6 Å². The van der Waals surface area contributed by atoms with Crippen molar-refractivity contribution in [3.05, 3.63) is 18.5 Å². The molecule has 14 heavy (non-hydrogen) atoms. The van der Waals surface area contributed by atoms with Crippen LogP contribution in [0.25, 0.3) is 10.1 Å². The zero-order valence-corrected chi connectivity index (χ0v) is 8.60. The molecule has 0 unspecified atom stereocenters. The number of hydrogen-bond donors (Lipinski definition) is 1. The summed E-state index contributed by atoms with van der Waals surface area (Å²) in [7, 11) is 0. The van der Waals surface area contributed by atoms with Crippen LogP contribution in [0.15, 0.2) is 18.5 Å². The fourth-order valence-corrected chi connectivity index (χ4v) is 1.77. The van der Waals surface area contributed by atoms with Crippen LogP contribution in [0.2, 0.25) is 0 Å². The Morgan fingerprint density at radius 1 is 1.64 bits per heavy atom. The second kappa shape index (κ2) is 3.89. The molecular weight excluding hydrogens is 222 g/mol. The highest BCUT2D eigenvalue weighted by atomic mass is 35.5. The van der Waals surface area contributed by atoms with Gasteiger partial charge in [0.25, 0.3) is 0 Å². The van der Waals surface area contributed by atoms with Crippen LogP contribution >= 0.6 is 23.1 Å². The third-order valence-electron chi connectivity index (χ3n) is 1.66. The van der Waals surface area contributed by atoms with E-state index < -0.39 is 0 Å². The number of pyridine rings is 1. The van der Waals surface area contributed by atoms with Gasteiger partial charge in [0.2, 0.25) is 5.91 Å². The molecule has 0 aliphatic carbocycles. The summed E-state index contributed by atoms with van der Waals surface area (Å²) in [6, 6.07) is 1.85. The first-order valence-corrected chi connectivity index (χ1v) is 5.17. The minimum Gasteiger partial charge on any atom is -0.309 e. The zero-order chi connectivity index (χ0) is 9.97. The van der Waals surface area contributed by atoms with Crippen molar-refractivity contribution in [1.82, 2.24) is 9.36 Å². The van der Waals surface area contributed by atoms with Crippen LogP contribution in [-0.2, 0) is 4.79 Å². The van der Waals surface area contributed by atoms with Crippen molar-refractivity contribution in [2.45, 2.75) is 0 Å². The van der Waals surface area contributed by atoms with Crippen LogP contribution in [0, 0.1) is 0 Å². The molecule has 0 aliphatic heterocycles. The molecule has 72 valence electrons. The number of nitrogens with one attached hydrogen (secondary N) is 1. The standard InChI is InChI=1S/C8H6ClN3OS/c9-3-7(13)12-8-5-4-11-14-6(5)1-2-10-8/h1-2,4H,3H2,(H,10,12,13). The van der Waals surface area contributed by atoms with Crippen molar-refractivity contribution in [2.75, 3.05) is 11.2 Å². The highest BCUT2D eigenvalue weighted by molar-refractivity contribution is 7.13. The van der Waals surface area contributed by atoms with E-state index in [9.17, 15) is 4.79 Å². The first kappa shape index (κ1) is 9.36. The van der Waals surface area contributed by atoms with Crippen LogP contribution in [-0.4, -0.2) is 21.1 Å². The van der Waals surface area contributed by atoms with Crippen molar-refractivity contribution in [2.24, 2.45) is 0 Å². The van der Waals surface area contributed by atoms with Crippen LogP contribution in [0.5, 0.6) is 0 Å². The number of nitrogens with zero attached hydrogens (tertiary/aromatic N) is 2. The van der Waals surface area contributed by atoms with E-state index in [-0.39, 0.29) is 11.8 Å². The summed E-state index contributed by atoms with van der Waals surface area (Å²) in [5.41, 5.74) is 0. The maximum absolute atomic E-state index is 11.0. The average Bonchev–Trinajstić information content (AvgIpc) is 2.66. The lowest BCUT2D eigenvalue weighted by Gasteiger charge is -2.01. The van der Waals surface area contributed by atoms with Crippen molar-refractivity contribution in [1.29, 1.82) is 0 Å². The Labute approximate surface area is 89.1 Å². The SMILES string of the molecule is O=C(CCl)Nc1nccc2sncc12. The highest BCUT2D eigenvalue weighted by Gasteiger charge is 2.06. The van der Waals surface area contributed by atoms with Gasteiger partial charge in [-0.25, -0.2) is 4.98 Å². The summed E-state index contributed by atoms with van der Waals surface area (Å²) in [4.78, 5) is 15.1. The van der Waals surface area contributed by atoms with Gasteiger partial charge < -0.3 is 5.32 Å². The fraction of sp³-hybridized carbons (Fsp3) is 0.125. The van der Waals surface area contributed by atoms with Crippen molar-refractivity contribution >= 4 is 44.9 Å². The minimum atomic E-state index is -0.266. The Kier molecular flexibility index (Phi) is 2.60. The topological polar surface area (TPSA) is 54.9 Å². The van der Waals surface area contributed by atoms with Crippen molar-refractivity contribution in [3.8, 4) is 0 Å². The number of halogens is 1. The number of anilines is 1. The van der Waals surface area contributed by atoms with Crippen molar-refractivity contribution in [3.63, 3.8) is 0 Å². The lowest BCUT2D eigenvalue weighted by Crippen LogP contribution is -2.13. The monoisotopic (exact) mass is 227 g/mol. The molecule has 4 nitrogen and oxygen atoms in total. The Hall–Kier alpha value is -1.20. The zero-order valence-electron chi connectivity index (χ0n) is 7.03. The highest BCUT2D eigenvalue weighted by Crippen LogP contribution is 2.23. The van der Waals surface area contributed by atoms with E-state index in [1.54, 1.807) is 12.4 Å². The Balaban J connectivity index is 2.41. The van der Waals surface area contributed by atoms with Gasteiger partial charge in [-0.3, -0.25) is 4.79 Å². The van der Waals surface area contributed by atoms with Crippen molar-refractivity contribution < 1.29 is 4.79 Å². The largest absolute Gasteiger partial charge is 0.309 e. The number of rotatable bonds is 2. The Morgan fingerprint density at radius 3 is 3.29 bits per heavy atom. The summed E-state index contributed by atoms with van der Waals surface area (Å²) in [6.45, 7) is 0. The molecule has 0 aromatic carbocycles. The average molecular weight is 228 g/mol. The van der Waals surface area contributed by atoms with Gasteiger partial charge in [0, 0.05) is 6.20 Å². The molecule has 2 heterocycles. The third-order valence-corrected chi connectivity index (χ3v) is 2.67. The summed E-state index contributed by atoms with van der Waals surface area (Å²) in [6.07, 6.45) is 3.31. The Morgan fingerprint density at radius 2 is 2.50 bits per heavy atom. The normalized spacial score (nSPS) is 10.4. The van der Waals surface area contributed by atoms with E-state index >= 15 is 0 Å². The van der Waals surface area contributed by atoms with Gasteiger partial charge in [0.05, 0.1) is 16.3 Å². The van der Waals surface area contributed by atoms with Crippen LogP contribution in [0.4, 0.5) is 5.82 Å². The number of aromatic nitrogens is 2. The van der Waals surface area contributed by atoms with Gasteiger partial charge >= 0.3 is 0 Å². The number of alkyl halides is 1. The smallest absolute Gasteiger partial charge is 0.240 e. The lowest BCUT2D eigenvalue weighted by atomic mass is 10.3. The molecule has 0 bridgehead atoms. The van der Waals surface area contributed by atoms with E-state index in [1.807, 2.05) is 6.07 Å². The first-order valence-electron chi connectivity index (χ1n) is 3.86. The van der Waals surface area contributed by atoms with Crippen LogP contribution in [0.1, 0.15) is 0 Å². The number of amides is 1. The number of hydrogen-bond acceptors (Lipinski definition) is 4. The number of carbonyl (C=O) groups is 1. The number of carbonyl (C=O) groups excluding carboxylic acids is 1. The third kappa shape index (κ3) is 1.69. The van der Waals surface area contributed by atoms with E-state index in [0.717, 1.165) is 10.1 Å². The summed E-state index contributed by atoms with van der Waals surface area (Å²) < 4.78 is 5.00. The molecule has 0 spiro atoms. The summed E-state index contributed by atoms with van der Waals surface area (Å²) in [5, 5.41) is 3.45. The van der Waals surface area contributed by atoms with Crippen LogP contribution in [0.3, 0.4) is 0 Å². The molecule has 2 aromatic heterocycles. The molecule has 0 saturated carbocycles. The molecule has 0 fully saturated rings.